The zero-order valence-electron chi connectivity index (χ0n) is 15.0. The van der Waals surface area contributed by atoms with Crippen molar-refractivity contribution >= 4 is 30.0 Å². The maximum absolute atomic E-state index is 10.6. The summed E-state index contributed by atoms with van der Waals surface area (Å²) in [7, 11) is 0. The predicted molar refractivity (Wildman–Crippen MR) is 103 cm³/mol. The average molecular weight is 366 g/mol. The van der Waals surface area contributed by atoms with Crippen molar-refractivity contribution in [1.82, 2.24) is 14.5 Å². The molecule has 0 amide bonds. The van der Waals surface area contributed by atoms with E-state index in [1.807, 2.05) is 6.92 Å². The van der Waals surface area contributed by atoms with Gasteiger partial charge in [-0.2, -0.15) is 0 Å². The van der Waals surface area contributed by atoms with Gasteiger partial charge in [0.05, 0.1) is 11.8 Å². The van der Waals surface area contributed by atoms with Crippen LogP contribution in [0.5, 0.6) is 0 Å². The van der Waals surface area contributed by atoms with E-state index in [4.69, 9.17) is 10.5 Å². The average Bonchev–Trinajstić information content (AvgIpc) is 3.05. The summed E-state index contributed by atoms with van der Waals surface area (Å²) in [6.45, 7) is 5.04. The number of rotatable bonds is 5. The summed E-state index contributed by atoms with van der Waals surface area (Å²) in [6, 6.07) is 1.70. The second-order valence-corrected chi connectivity index (χ2v) is 11.6. The summed E-state index contributed by atoms with van der Waals surface area (Å²) in [6.07, 6.45) is 4.88. The fourth-order valence-corrected chi connectivity index (χ4v) is 4.18. The summed E-state index contributed by atoms with van der Waals surface area (Å²) in [5.74, 6) is 0.724. The quantitative estimate of drug-likeness (QED) is 0.689. The van der Waals surface area contributed by atoms with Crippen LogP contribution >= 0.6 is 6.89 Å². The van der Waals surface area contributed by atoms with Crippen LogP contribution in [0.1, 0.15) is 25.4 Å². The number of aliphatic hydroxyl groups is 2. The molecule has 1 aliphatic heterocycles. The maximum Gasteiger partial charge on any atom is 0.165 e. The van der Waals surface area contributed by atoms with Crippen molar-refractivity contribution < 1.29 is 14.9 Å². The Balaban J connectivity index is 1.95. The molecule has 2 aromatic rings. The maximum atomic E-state index is 10.6. The lowest BCUT2D eigenvalue weighted by atomic mass is 10.1. The number of nitrogens with zero attached hydrogens (tertiary/aromatic N) is 3. The van der Waals surface area contributed by atoms with Crippen molar-refractivity contribution in [1.29, 1.82) is 0 Å². The fraction of sp³-hybridized carbons (Fsp3) is 0.588. The van der Waals surface area contributed by atoms with Gasteiger partial charge >= 0.3 is 0 Å². The molecule has 0 spiro atoms. The molecule has 8 heteroatoms. The minimum absolute atomic E-state index is 0.427. The lowest BCUT2D eigenvalue weighted by Gasteiger charge is -2.19. The number of hydrogen-bond donors (Lipinski definition) is 3. The van der Waals surface area contributed by atoms with Crippen molar-refractivity contribution in [2.24, 2.45) is 0 Å². The highest BCUT2D eigenvalue weighted by molar-refractivity contribution is 7.72. The Bertz CT molecular complexity index is 816. The van der Waals surface area contributed by atoms with E-state index in [-0.39, 0.29) is 0 Å². The first-order valence-electron chi connectivity index (χ1n) is 8.53. The van der Waals surface area contributed by atoms with Crippen LogP contribution in [0.4, 0.5) is 5.69 Å². The molecular weight excluding hydrogens is 339 g/mol. The molecule has 0 aromatic carbocycles. The molecule has 4 N–H and O–H groups in total. The standard InChI is InChI=1S/C17H27N4O3P/c1-5-12-20-13-10(18)6-8-19-16(13)21(12)17-15(23)14(22)11(24-17)7-9-25(2,3)4/h6,8,11,14-15,17,22-23H,2,5,7,9H2,1,3-4H3,(H2,18,19)/t11?,14-,15-,17?/m1/s1. The van der Waals surface area contributed by atoms with Gasteiger partial charge in [-0.05, 0) is 32.0 Å². The Morgan fingerprint density at radius 2 is 2.08 bits per heavy atom. The highest BCUT2D eigenvalue weighted by atomic mass is 31.2. The molecule has 2 aromatic heterocycles. The third-order valence-electron chi connectivity index (χ3n) is 4.61. The zero-order valence-corrected chi connectivity index (χ0v) is 15.9. The van der Waals surface area contributed by atoms with Crippen LogP contribution in [0.3, 0.4) is 0 Å². The summed E-state index contributed by atoms with van der Waals surface area (Å²) < 4.78 is 7.82. The van der Waals surface area contributed by atoms with E-state index in [0.717, 1.165) is 12.0 Å². The van der Waals surface area contributed by atoms with Crippen molar-refractivity contribution in [2.45, 2.75) is 44.3 Å². The molecule has 3 heterocycles. The number of imidazole rings is 1. The third-order valence-corrected chi connectivity index (χ3v) is 6.08. The van der Waals surface area contributed by atoms with E-state index in [0.29, 0.717) is 29.7 Å². The molecule has 4 atom stereocenters. The van der Waals surface area contributed by atoms with Crippen LogP contribution in [0, 0.1) is 0 Å². The van der Waals surface area contributed by atoms with Gasteiger partial charge in [0.25, 0.3) is 0 Å². The predicted octanol–water partition coefficient (Wildman–Crippen LogP) is 1.29. The Hall–Kier alpha value is -1.40. The Morgan fingerprint density at radius 1 is 1.36 bits per heavy atom. The second kappa shape index (κ2) is 6.72. The van der Waals surface area contributed by atoms with Crippen molar-refractivity contribution in [2.75, 3.05) is 25.2 Å². The van der Waals surface area contributed by atoms with E-state index in [2.05, 4.69) is 29.6 Å². The van der Waals surface area contributed by atoms with Crippen LogP contribution < -0.4 is 5.73 Å². The van der Waals surface area contributed by atoms with E-state index in [1.54, 1.807) is 16.8 Å². The first-order chi connectivity index (χ1) is 11.7. The largest absolute Gasteiger partial charge is 0.397 e. The van der Waals surface area contributed by atoms with Gasteiger partial charge in [-0.3, -0.25) is 4.57 Å². The van der Waals surface area contributed by atoms with E-state index < -0.39 is 31.4 Å². The monoisotopic (exact) mass is 366 g/mol. The number of aliphatic hydroxyl groups excluding tert-OH is 2. The molecule has 25 heavy (non-hydrogen) atoms. The number of nitrogen functional groups attached to an aromatic ring is 1. The highest BCUT2D eigenvalue weighted by Gasteiger charge is 2.44. The summed E-state index contributed by atoms with van der Waals surface area (Å²) in [5.41, 5.74) is 7.70. The van der Waals surface area contributed by atoms with Gasteiger partial charge in [-0.15, -0.1) is 13.2 Å². The van der Waals surface area contributed by atoms with Crippen LogP contribution in [0.25, 0.3) is 11.2 Å². The van der Waals surface area contributed by atoms with Gasteiger partial charge in [-0.1, -0.05) is 6.92 Å². The second-order valence-electron chi connectivity index (χ2n) is 7.32. The molecule has 1 saturated heterocycles. The number of pyridine rings is 1. The molecule has 1 fully saturated rings. The van der Waals surface area contributed by atoms with Gasteiger partial charge in [-0.25, -0.2) is 9.97 Å². The molecule has 7 nitrogen and oxygen atoms in total. The van der Waals surface area contributed by atoms with E-state index in [9.17, 15) is 10.2 Å². The Morgan fingerprint density at radius 3 is 2.72 bits per heavy atom. The van der Waals surface area contributed by atoms with Crippen LogP contribution in [0.15, 0.2) is 12.3 Å². The lowest BCUT2D eigenvalue weighted by molar-refractivity contribution is -0.0367. The number of ether oxygens (including phenoxy) is 1. The van der Waals surface area contributed by atoms with E-state index in [1.165, 1.54) is 0 Å². The third kappa shape index (κ3) is 3.47. The molecule has 0 saturated carbocycles. The molecule has 0 aliphatic carbocycles. The smallest absolute Gasteiger partial charge is 0.165 e. The highest BCUT2D eigenvalue weighted by Crippen LogP contribution is 2.40. The van der Waals surface area contributed by atoms with E-state index >= 15 is 0 Å². The number of hydrogen-bond acceptors (Lipinski definition) is 6. The molecule has 1 aliphatic rings. The first kappa shape index (κ1) is 18.4. The number of aryl methyl sites for hydroxylation is 1. The summed E-state index contributed by atoms with van der Waals surface area (Å²) in [4.78, 5) is 8.91. The molecule has 3 rings (SSSR count). The summed E-state index contributed by atoms with van der Waals surface area (Å²) in [5, 5.41) is 21.0. The van der Waals surface area contributed by atoms with Gasteiger partial charge in [0.2, 0.25) is 0 Å². The molecule has 0 radical (unpaired) electrons. The van der Waals surface area contributed by atoms with Gasteiger partial charge in [0, 0.05) is 12.6 Å². The van der Waals surface area contributed by atoms with Crippen LogP contribution in [-0.2, 0) is 11.2 Å². The number of aromatic nitrogens is 3. The topological polar surface area (TPSA) is 106 Å². The number of fused-ring (bicyclic) bond motifs is 1. The lowest BCUT2D eigenvalue weighted by Crippen LogP contribution is -2.32. The molecular formula is C17H27N4O3P. The van der Waals surface area contributed by atoms with Crippen LogP contribution in [0.2, 0.25) is 0 Å². The van der Waals surface area contributed by atoms with Gasteiger partial charge in [0.1, 0.15) is 23.5 Å². The number of nitrogens with two attached hydrogens (primary N) is 1. The Kier molecular flexibility index (Phi) is 4.95. The fourth-order valence-electron chi connectivity index (χ4n) is 3.23. The SMILES string of the molecule is C=P(C)(C)CCC1OC(n2c(CC)nc3c(N)ccnc32)[C@H](O)[C@@H]1O. The van der Waals surface area contributed by atoms with Crippen molar-refractivity contribution in [3.8, 4) is 0 Å². The minimum Gasteiger partial charge on any atom is -0.397 e. The van der Waals surface area contributed by atoms with Gasteiger partial charge < -0.3 is 20.7 Å². The van der Waals surface area contributed by atoms with Crippen molar-refractivity contribution in [3.05, 3.63) is 18.1 Å². The van der Waals surface area contributed by atoms with Crippen molar-refractivity contribution in [3.63, 3.8) is 0 Å². The molecule has 0 bridgehead atoms. The first-order valence-corrected chi connectivity index (χ1v) is 11.6. The number of anilines is 1. The Labute approximate surface area is 147 Å². The van der Waals surface area contributed by atoms with Crippen LogP contribution in [-0.4, -0.2) is 68.9 Å². The molecule has 138 valence electrons. The van der Waals surface area contributed by atoms with Gasteiger partial charge in [0.15, 0.2) is 11.9 Å². The normalized spacial score (nSPS) is 27.2. The molecule has 2 unspecified atom stereocenters. The zero-order chi connectivity index (χ0) is 18.4. The summed E-state index contributed by atoms with van der Waals surface area (Å²) >= 11 is 0. The minimum atomic E-state index is -1.23.